The average Bonchev–Trinajstić information content (AvgIpc) is 2.66. The van der Waals surface area contributed by atoms with Gasteiger partial charge in [-0.15, -0.1) is 0 Å². The number of nitrogens with one attached hydrogen (secondary N) is 1. The number of aryl methyl sites for hydroxylation is 2. The molecule has 0 aliphatic heterocycles. The molecule has 0 radical (unpaired) electrons. The highest BCUT2D eigenvalue weighted by atomic mass is 16.1. The van der Waals surface area contributed by atoms with Crippen molar-refractivity contribution in [3.05, 3.63) is 70.8 Å². The van der Waals surface area contributed by atoms with Crippen molar-refractivity contribution in [1.29, 1.82) is 0 Å². The maximum absolute atomic E-state index is 13.3. The van der Waals surface area contributed by atoms with Crippen molar-refractivity contribution in [2.24, 2.45) is 17.8 Å². The second-order valence-electron chi connectivity index (χ2n) is 10.3. The standard InChI is InChI=1S/C27H33NO/c1-18-3-7-23(8-4-18)25(24-9-5-19(2)6-10-24)14-26(29)28-27-15-20-11-21(16-27)13-22(12-20)17-27/h3-10,20-22,25H,11-17H2,1-2H3,(H,28,29). The molecule has 4 bridgehead atoms. The van der Waals surface area contributed by atoms with E-state index in [4.69, 9.17) is 0 Å². The molecule has 4 saturated carbocycles. The molecule has 0 aromatic heterocycles. The second kappa shape index (κ2) is 7.31. The van der Waals surface area contributed by atoms with Crippen LogP contribution in [0.25, 0.3) is 0 Å². The van der Waals surface area contributed by atoms with Gasteiger partial charge in [-0.1, -0.05) is 59.7 Å². The number of carbonyl (C=O) groups is 1. The Morgan fingerprint density at radius 3 is 1.66 bits per heavy atom. The summed E-state index contributed by atoms with van der Waals surface area (Å²) in [7, 11) is 0. The Kier molecular flexibility index (Phi) is 4.76. The van der Waals surface area contributed by atoms with Gasteiger partial charge in [-0.2, -0.15) is 0 Å². The summed E-state index contributed by atoms with van der Waals surface area (Å²) in [5, 5.41) is 3.58. The van der Waals surface area contributed by atoms with Crippen molar-refractivity contribution in [3.63, 3.8) is 0 Å². The second-order valence-corrected chi connectivity index (χ2v) is 10.3. The Morgan fingerprint density at radius 2 is 1.24 bits per heavy atom. The highest BCUT2D eigenvalue weighted by molar-refractivity contribution is 5.78. The molecule has 2 aromatic carbocycles. The Bertz CT molecular complexity index is 799. The summed E-state index contributed by atoms with van der Waals surface area (Å²) >= 11 is 0. The van der Waals surface area contributed by atoms with Crippen LogP contribution in [0.4, 0.5) is 0 Å². The third-order valence-electron chi connectivity index (χ3n) is 7.79. The lowest BCUT2D eigenvalue weighted by Crippen LogP contribution is -2.59. The molecule has 1 amide bonds. The van der Waals surface area contributed by atoms with Gasteiger partial charge in [-0.25, -0.2) is 0 Å². The van der Waals surface area contributed by atoms with Crippen LogP contribution in [-0.4, -0.2) is 11.4 Å². The van der Waals surface area contributed by atoms with Gasteiger partial charge in [0.05, 0.1) is 0 Å². The SMILES string of the molecule is Cc1ccc(C(CC(=O)NC23CC4CC(CC(C4)C2)C3)c2ccc(C)cc2)cc1. The van der Waals surface area contributed by atoms with Crippen molar-refractivity contribution < 1.29 is 4.79 Å². The maximum Gasteiger partial charge on any atom is 0.221 e. The first-order chi connectivity index (χ1) is 14.0. The Hall–Kier alpha value is -2.09. The lowest BCUT2D eigenvalue weighted by atomic mass is 9.53. The fraction of sp³-hybridized carbons (Fsp3) is 0.519. The van der Waals surface area contributed by atoms with Crippen LogP contribution in [0.3, 0.4) is 0 Å². The molecule has 2 nitrogen and oxygen atoms in total. The first-order valence-corrected chi connectivity index (χ1v) is 11.4. The quantitative estimate of drug-likeness (QED) is 0.679. The van der Waals surface area contributed by atoms with Crippen LogP contribution in [0.1, 0.15) is 73.1 Å². The zero-order chi connectivity index (χ0) is 20.0. The van der Waals surface area contributed by atoms with Gasteiger partial charge in [0, 0.05) is 17.9 Å². The fourth-order valence-corrected chi connectivity index (χ4v) is 6.82. The van der Waals surface area contributed by atoms with E-state index >= 15 is 0 Å². The van der Waals surface area contributed by atoms with E-state index < -0.39 is 0 Å². The maximum atomic E-state index is 13.3. The fourth-order valence-electron chi connectivity index (χ4n) is 6.82. The number of hydrogen-bond acceptors (Lipinski definition) is 1. The number of benzene rings is 2. The van der Waals surface area contributed by atoms with Crippen LogP contribution in [0.15, 0.2) is 48.5 Å². The van der Waals surface area contributed by atoms with Crippen LogP contribution >= 0.6 is 0 Å². The number of hydrogen-bond donors (Lipinski definition) is 1. The molecular weight excluding hydrogens is 354 g/mol. The summed E-state index contributed by atoms with van der Waals surface area (Å²) in [6, 6.07) is 17.4. The van der Waals surface area contributed by atoms with Gasteiger partial charge in [0.25, 0.3) is 0 Å². The van der Waals surface area contributed by atoms with E-state index in [1.54, 1.807) is 0 Å². The van der Waals surface area contributed by atoms with E-state index in [9.17, 15) is 4.79 Å². The smallest absolute Gasteiger partial charge is 0.221 e. The third kappa shape index (κ3) is 3.86. The van der Waals surface area contributed by atoms with E-state index in [1.165, 1.54) is 60.8 Å². The summed E-state index contributed by atoms with van der Waals surface area (Å²) in [5.41, 5.74) is 5.08. The molecular formula is C27H33NO. The molecule has 0 unspecified atom stereocenters. The summed E-state index contributed by atoms with van der Waals surface area (Å²) < 4.78 is 0. The van der Waals surface area contributed by atoms with Gasteiger partial charge in [-0.05, 0) is 81.3 Å². The molecule has 0 spiro atoms. The zero-order valence-electron chi connectivity index (χ0n) is 17.8. The molecule has 152 valence electrons. The van der Waals surface area contributed by atoms with Crippen LogP contribution in [0, 0.1) is 31.6 Å². The van der Waals surface area contributed by atoms with Crippen molar-refractivity contribution in [3.8, 4) is 0 Å². The molecule has 0 heterocycles. The van der Waals surface area contributed by atoms with E-state index in [1.807, 2.05) is 0 Å². The summed E-state index contributed by atoms with van der Waals surface area (Å²) in [6.45, 7) is 4.23. The van der Waals surface area contributed by atoms with E-state index in [0.29, 0.717) is 6.42 Å². The van der Waals surface area contributed by atoms with Crippen LogP contribution in [0.5, 0.6) is 0 Å². The lowest BCUT2D eigenvalue weighted by Gasteiger charge is -2.57. The molecule has 1 N–H and O–H groups in total. The summed E-state index contributed by atoms with van der Waals surface area (Å²) in [6.07, 6.45) is 8.40. The van der Waals surface area contributed by atoms with Gasteiger partial charge >= 0.3 is 0 Å². The van der Waals surface area contributed by atoms with Gasteiger partial charge in [-0.3, -0.25) is 4.79 Å². The molecule has 29 heavy (non-hydrogen) atoms. The van der Waals surface area contributed by atoms with Gasteiger partial charge < -0.3 is 5.32 Å². The summed E-state index contributed by atoms with van der Waals surface area (Å²) in [4.78, 5) is 13.3. The minimum absolute atomic E-state index is 0.0942. The molecule has 4 aliphatic carbocycles. The third-order valence-corrected chi connectivity index (χ3v) is 7.79. The molecule has 0 atom stereocenters. The van der Waals surface area contributed by atoms with Gasteiger partial charge in [0.15, 0.2) is 0 Å². The monoisotopic (exact) mass is 387 g/mol. The van der Waals surface area contributed by atoms with Crippen molar-refractivity contribution >= 4 is 5.91 Å². The normalized spacial score (nSPS) is 30.0. The first kappa shape index (κ1) is 18.9. The molecule has 0 saturated heterocycles. The molecule has 6 rings (SSSR count). The highest BCUT2D eigenvalue weighted by Gasteiger charge is 2.51. The first-order valence-electron chi connectivity index (χ1n) is 11.4. The predicted molar refractivity (Wildman–Crippen MR) is 118 cm³/mol. The minimum Gasteiger partial charge on any atom is -0.351 e. The van der Waals surface area contributed by atoms with E-state index in [0.717, 1.165) is 17.8 Å². The number of rotatable bonds is 5. The van der Waals surface area contributed by atoms with Crippen molar-refractivity contribution in [1.82, 2.24) is 5.32 Å². The Balaban J connectivity index is 1.36. The number of amides is 1. The number of carbonyl (C=O) groups excluding carboxylic acids is 1. The van der Waals surface area contributed by atoms with Crippen LogP contribution < -0.4 is 5.32 Å². The summed E-state index contributed by atoms with van der Waals surface area (Å²) in [5.74, 6) is 2.91. The molecule has 2 aromatic rings. The largest absolute Gasteiger partial charge is 0.351 e. The minimum atomic E-state index is 0.0942. The highest BCUT2D eigenvalue weighted by Crippen LogP contribution is 2.55. The average molecular weight is 388 g/mol. The Labute approximate surface area is 175 Å². The molecule has 4 aliphatic rings. The van der Waals surface area contributed by atoms with E-state index in [-0.39, 0.29) is 17.4 Å². The van der Waals surface area contributed by atoms with Crippen molar-refractivity contribution in [2.75, 3.05) is 0 Å². The molecule has 2 heteroatoms. The topological polar surface area (TPSA) is 29.1 Å². The zero-order valence-corrected chi connectivity index (χ0v) is 17.8. The Morgan fingerprint density at radius 1 is 0.828 bits per heavy atom. The van der Waals surface area contributed by atoms with Gasteiger partial charge in [0.1, 0.15) is 0 Å². The van der Waals surface area contributed by atoms with E-state index in [2.05, 4.69) is 67.7 Å². The van der Waals surface area contributed by atoms with Gasteiger partial charge in [0.2, 0.25) is 5.91 Å². The van der Waals surface area contributed by atoms with Crippen LogP contribution in [-0.2, 0) is 4.79 Å². The lowest BCUT2D eigenvalue weighted by molar-refractivity contribution is -0.127. The molecule has 4 fully saturated rings. The van der Waals surface area contributed by atoms with Crippen LogP contribution in [0.2, 0.25) is 0 Å². The predicted octanol–water partition coefficient (Wildman–Crippen LogP) is 5.91. The van der Waals surface area contributed by atoms with Crippen molar-refractivity contribution in [2.45, 2.75) is 70.3 Å².